The number of aryl methyl sites for hydroxylation is 2. The van der Waals surface area contributed by atoms with Gasteiger partial charge in [0.25, 0.3) is 5.91 Å². The van der Waals surface area contributed by atoms with Crippen LogP contribution in [0.15, 0.2) is 23.6 Å². The lowest BCUT2D eigenvalue weighted by Gasteiger charge is -2.06. The van der Waals surface area contributed by atoms with Crippen LogP contribution in [0.4, 0.5) is 5.13 Å². The summed E-state index contributed by atoms with van der Waals surface area (Å²) in [4.78, 5) is 27.1. The van der Waals surface area contributed by atoms with E-state index in [1.807, 2.05) is 32.0 Å². The van der Waals surface area contributed by atoms with Gasteiger partial charge in [-0.1, -0.05) is 17.7 Å². The zero-order chi connectivity index (χ0) is 14.7. The van der Waals surface area contributed by atoms with Gasteiger partial charge in [0.15, 0.2) is 5.13 Å². The molecule has 1 aromatic carbocycles. The number of nitrogens with two attached hydrogens (primary N) is 1. The third-order valence-electron chi connectivity index (χ3n) is 2.77. The molecule has 2 rings (SSSR count). The van der Waals surface area contributed by atoms with Crippen molar-refractivity contribution < 1.29 is 9.59 Å². The minimum Gasteiger partial charge on any atom is -0.369 e. The molecular formula is C14H15N3O2S. The van der Waals surface area contributed by atoms with Crippen LogP contribution in [0.5, 0.6) is 0 Å². The summed E-state index contributed by atoms with van der Waals surface area (Å²) < 4.78 is 0. The molecule has 2 aromatic rings. The molecule has 0 saturated heterocycles. The minimum atomic E-state index is -0.442. The molecule has 0 bridgehead atoms. The van der Waals surface area contributed by atoms with E-state index in [-0.39, 0.29) is 12.3 Å². The lowest BCUT2D eigenvalue weighted by atomic mass is 10.1. The van der Waals surface area contributed by atoms with E-state index in [1.54, 1.807) is 5.38 Å². The second-order valence-electron chi connectivity index (χ2n) is 4.56. The monoisotopic (exact) mass is 289 g/mol. The summed E-state index contributed by atoms with van der Waals surface area (Å²) in [5, 5.41) is 4.91. The molecule has 6 heteroatoms. The van der Waals surface area contributed by atoms with Crippen molar-refractivity contribution in [1.82, 2.24) is 4.98 Å². The molecule has 0 aliphatic heterocycles. The van der Waals surface area contributed by atoms with Gasteiger partial charge >= 0.3 is 0 Å². The second-order valence-corrected chi connectivity index (χ2v) is 5.42. The van der Waals surface area contributed by atoms with E-state index in [0.29, 0.717) is 16.4 Å². The predicted octanol–water partition coefficient (Wildman–Crippen LogP) is 2.04. The summed E-state index contributed by atoms with van der Waals surface area (Å²) >= 11 is 1.27. The van der Waals surface area contributed by atoms with Crippen LogP contribution in [0.25, 0.3) is 0 Å². The first-order valence-corrected chi connectivity index (χ1v) is 6.95. The SMILES string of the molecule is Cc1ccc(C)c(C(=O)Nc2nc(CC(N)=O)cs2)c1. The number of benzene rings is 1. The molecule has 5 nitrogen and oxygen atoms in total. The molecule has 0 spiro atoms. The largest absolute Gasteiger partial charge is 0.369 e. The molecule has 20 heavy (non-hydrogen) atoms. The first-order valence-electron chi connectivity index (χ1n) is 6.07. The Morgan fingerprint density at radius 2 is 2.10 bits per heavy atom. The summed E-state index contributed by atoms with van der Waals surface area (Å²) in [7, 11) is 0. The number of anilines is 1. The number of hydrogen-bond donors (Lipinski definition) is 2. The van der Waals surface area contributed by atoms with Crippen LogP contribution in [0.3, 0.4) is 0 Å². The van der Waals surface area contributed by atoms with Crippen molar-refractivity contribution in [3.8, 4) is 0 Å². The van der Waals surface area contributed by atoms with E-state index in [4.69, 9.17) is 5.73 Å². The van der Waals surface area contributed by atoms with Gasteiger partial charge in [-0.05, 0) is 25.5 Å². The fraction of sp³-hybridized carbons (Fsp3) is 0.214. The zero-order valence-corrected chi connectivity index (χ0v) is 12.1. The van der Waals surface area contributed by atoms with Crippen LogP contribution in [0, 0.1) is 13.8 Å². The van der Waals surface area contributed by atoms with Gasteiger partial charge in [-0.2, -0.15) is 0 Å². The molecule has 0 unspecified atom stereocenters. The van der Waals surface area contributed by atoms with Crippen LogP contribution in [-0.4, -0.2) is 16.8 Å². The molecule has 0 aliphatic rings. The lowest BCUT2D eigenvalue weighted by Crippen LogP contribution is -2.15. The van der Waals surface area contributed by atoms with Gasteiger partial charge in [0, 0.05) is 10.9 Å². The lowest BCUT2D eigenvalue weighted by molar-refractivity contribution is -0.117. The van der Waals surface area contributed by atoms with Gasteiger partial charge < -0.3 is 5.73 Å². The molecule has 1 heterocycles. The Balaban J connectivity index is 2.13. The Morgan fingerprint density at radius 1 is 1.35 bits per heavy atom. The maximum atomic E-state index is 12.2. The van der Waals surface area contributed by atoms with E-state index < -0.39 is 5.91 Å². The quantitative estimate of drug-likeness (QED) is 0.903. The first-order chi connectivity index (χ1) is 9.45. The normalized spacial score (nSPS) is 10.3. The number of thiazole rings is 1. The molecular weight excluding hydrogens is 274 g/mol. The Labute approximate surface area is 120 Å². The maximum absolute atomic E-state index is 12.2. The minimum absolute atomic E-state index is 0.0792. The molecule has 0 radical (unpaired) electrons. The highest BCUT2D eigenvalue weighted by Gasteiger charge is 2.12. The van der Waals surface area contributed by atoms with Crippen LogP contribution < -0.4 is 11.1 Å². The summed E-state index contributed by atoms with van der Waals surface area (Å²) in [6, 6.07) is 5.70. The summed E-state index contributed by atoms with van der Waals surface area (Å²) in [6.07, 6.45) is 0.0792. The number of primary amides is 1. The molecule has 104 valence electrons. The van der Waals surface area contributed by atoms with E-state index in [1.165, 1.54) is 11.3 Å². The van der Waals surface area contributed by atoms with E-state index in [9.17, 15) is 9.59 Å². The van der Waals surface area contributed by atoms with Crippen molar-refractivity contribution in [2.75, 3.05) is 5.32 Å². The molecule has 2 amide bonds. The van der Waals surface area contributed by atoms with Crippen LogP contribution in [0.1, 0.15) is 27.2 Å². The van der Waals surface area contributed by atoms with Crippen molar-refractivity contribution in [2.45, 2.75) is 20.3 Å². The number of hydrogen-bond acceptors (Lipinski definition) is 4. The van der Waals surface area contributed by atoms with Crippen molar-refractivity contribution in [1.29, 1.82) is 0 Å². The van der Waals surface area contributed by atoms with Gasteiger partial charge in [-0.15, -0.1) is 11.3 Å². The summed E-state index contributed by atoms with van der Waals surface area (Å²) in [5.41, 5.74) is 8.22. The molecule has 3 N–H and O–H groups in total. The number of rotatable bonds is 4. The molecule has 0 fully saturated rings. The van der Waals surface area contributed by atoms with Crippen LogP contribution >= 0.6 is 11.3 Å². The molecule has 0 atom stereocenters. The Hall–Kier alpha value is -2.21. The molecule has 0 saturated carbocycles. The average Bonchev–Trinajstić information content (AvgIpc) is 2.78. The highest BCUT2D eigenvalue weighted by atomic mass is 32.1. The number of carbonyl (C=O) groups excluding carboxylic acids is 2. The van der Waals surface area contributed by atoms with Gasteiger partial charge in [-0.25, -0.2) is 4.98 Å². The number of amides is 2. The van der Waals surface area contributed by atoms with Crippen molar-refractivity contribution in [3.05, 3.63) is 46.0 Å². The van der Waals surface area contributed by atoms with Crippen molar-refractivity contribution in [3.63, 3.8) is 0 Å². The Morgan fingerprint density at radius 3 is 2.80 bits per heavy atom. The number of aromatic nitrogens is 1. The smallest absolute Gasteiger partial charge is 0.257 e. The highest BCUT2D eigenvalue weighted by Crippen LogP contribution is 2.18. The van der Waals surface area contributed by atoms with Gasteiger partial charge in [0.05, 0.1) is 12.1 Å². The second kappa shape index (κ2) is 5.83. The van der Waals surface area contributed by atoms with Gasteiger partial charge in [0.1, 0.15) is 0 Å². The number of nitrogens with zero attached hydrogens (tertiary/aromatic N) is 1. The van der Waals surface area contributed by atoms with Gasteiger partial charge in [-0.3, -0.25) is 14.9 Å². The Kier molecular flexibility index (Phi) is 4.14. The van der Waals surface area contributed by atoms with Crippen molar-refractivity contribution in [2.24, 2.45) is 5.73 Å². The predicted molar refractivity (Wildman–Crippen MR) is 78.9 cm³/mol. The molecule has 0 aliphatic carbocycles. The first kappa shape index (κ1) is 14.2. The standard InChI is InChI=1S/C14H15N3O2S/c1-8-3-4-9(2)11(5-8)13(19)17-14-16-10(7-20-14)6-12(15)18/h3-5,7H,6H2,1-2H3,(H2,15,18)(H,16,17,19). The highest BCUT2D eigenvalue weighted by molar-refractivity contribution is 7.14. The number of carbonyl (C=O) groups is 2. The van der Waals surface area contributed by atoms with Crippen molar-refractivity contribution >= 4 is 28.3 Å². The van der Waals surface area contributed by atoms with E-state index in [0.717, 1.165) is 11.1 Å². The number of nitrogens with one attached hydrogen (secondary N) is 1. The summed E-state index contributed by atoms with van der Waals surface area (Å²) in [5.74, 6) is -0.645. The third kappa shape index (κ3) is 3.42. The van der Waals surface area contributed by atoms with Crippen LogP contribution in [-0.2, 0) is 11.2 Å². The zero-order valence-electron chi connectivity index (χ0n) is 11.3. The topological polar surface area (TPSA) is 85.1 Å². The molecule has 1 aromatic heterocycles. The summed E-state index contributed by atoms with van der Waals surface area (Å²) in [6.45, 7) is 3.82. The Bertz CT molecular complexity index is 664. The fourth-order valence-corrected chi connectivity index (χ4v) is 2.47. The fourth-order valence-electron chi connectivity index (χ4n) is 1.77. The van der Waals surface area contributed by atoms with Crippen LogP contribution in [0.2, 0.25) is 0 Å². The maximum Gasteiger partial charge on any atom is 0.257 e. The van der Waals surface area contributed by atoms with Gasteiger partial charge in [0.2, 0.25) is 5.91 Å². The third-order valence-corrected chi connectivity index (χ3v) is 3.57. The average molecular weight is 289 g/mol. The van der Waals surface area contributed by atoms with E-state index >= 15 is 0 Å². The van der Waals surface area contributed by atoms with E-state index in [2.05, 4.69) is 10.3 Å².